The fraction of sp³-hybridized carbons (Fsp3) is 0.455. The summed E-state index contributed by atoms with van der Waals surface area (Å²) in [6.07, 6.45) is 0.755. The number of halogens is 2. The zero-order valence-electron chi connectivity index (χ0n) is 8.57. The first-order valence-electron chi connectivity index (χ1n) is 5.08. The van der Waals surface area contributed by atoms with E-state index in [0.717, 1.165) is 16.5 Å². The third-order valence-electron chi connectivity index (χ3n) is 2.85. The van der Waals surface area contributed by atoms with Gasteiger partial charge in [-0.15, -0.1) is 0 Å². The van der Waals surface area contributed by atoms with Crippen LogP contribution in [-0.4, -0.2) is 19.9 Å². The van der Waals surface area contributed by atoms with Gasteiger partial charge in [-0.25, -0.2) is 8.42 Å². The Kier molecular flexibility index (Phi) is 3.76. The average Bonchev–Trinajstić information content (AvgIpc) is 2.58. The second kappa shape index (κ2) is 4.78. The Labute approximate surface area is 113 Å². The lowest BCUT2D eigenvalue weighted by atomic mass is 9.99. The highest BCUT2D eigenvalue weighted by atomic mass is 79.9. The molecule has 1 saturated heterocycles. The lowest BCUT2D eigenvalue weighted by Gasteiger charge is -2.16. The Bertz CT molecular complexity index is 485. The van der Waals surface area contributed by atoms with Gasteiger partial charge in [0.25, 0.3) is 0 Å². The lowest BCUT2D eigenvalue weighted by molar-refractivity contribution is 0.580. The maximum absolute atomic E-state index is 11.4. The predicted octanol–water partition coefficient (Wildman–Crippen LogP) is 3.32. The van der Waals surface area contributed by atoms with Crippen molar-refractivity contribution in [2.24, 2.45) is 5.92 Å². The van der Waals surface area contributed by atoms with Crippen LogP contribution in [0.1, 0.15) is 16.8 Å². The van der Waals surface area contributed by atoms with Crippen LogP contribution in [0.5, 0.6) is 0 Å². The molecule has 1 fully saturated rings. The Morgan fingerprint density at radius 1 is 1.38 bits per heavy atom. The lowest BCUT2D eigenvalue weighted by Crippen LogP contribution is -2.10. The van der Waals surface area contributed by atoms with Gasteiger partial charge in [0.2, 0.25) is 0 Å². The molecule has 0 amide bonds. The molecule has 0 aromatic heterocycles. The zero-order chi connectivity index (χ0) is 11.8. The summed E-state index contributed by atoms with van der Waals surface area (Å²) in [7, 11) is -2.80. The van der Waals surface area contributed by atoms with E-state index < -0.39 is 9.84 Å². The molecule has 2 nitrogen and oxygen atoms in total. The summed E-state index contributed by atoms with van der Waals surface area (Å²) >= 11 is 7.04. The van der Waals surface area contributed by atoms with Crippen LogP contribution >= 0.6 is 31.9 Å². The van der Waals surface area contributed by atoms with Crippen LogP contribution in [-0.2, 0) is 9.84 Å². The molecule has 1 aliphatic rings. The molecule has 1 aliphatic heterocycles. The smallest absolute Gasteiger partial charge is 0.150 e. The minimum Gasteiger partial charge on any atom is -0.229 e. The van der Waals surface area contributed by atoms with Gasteiger partial charge in [-0.1, -0.05) is 44.0 Å². The normalized spacial score (nSPS) is 25.5. The number of hydrogen-bond acceptors (Lipinski definition) is 2. The minimum absolute atomic E-state index is 0.127. The van der Waals surface area contributed by atoms with Crippen molar-refractivity contribution >= 4 is 41.7 Å². The van der Waals surface area contributed by atoms with Crippen LogP contribution in [0.4, 0.5) is 0 Å². The van der Waals surface area contributed by atoms with Gasteiger partial charge < -0.3 is 0 Å². The fourth-order valence-corrected chi connectivity index (χ4v) is 5.25. The number of sulfone groups is 1. The van der Waals surface area contributed by atoms with Gasteiger partial charge in [0.15, 0.2) is 9.84 Å². The molecule has 2 unspecified atom stereocenters. The van der Waals surface area contributed by atoms with Crippen LogP contribution < -0.4 is 0 Å². The van der Waals surface area contributed by atoms with E-state index in [0.29, 0.717) is 11.5 Å². The van der Waals surface area contributed by atoms with Crippen LogP contribution in [0.3, 0.4) is 0 Å². The average molecular weight is 368 g/mol. The molecule has 0 aliphatic carbocycles. The molecular weight excluding hydrogens is 356 g/mol. The highest BCUT2D eigenvalue weighted by Crippen LogP contribution is 2.38. The molecule has 0 N–H and O–H groups in total. The molecular formula is C11H12Br2O2S. The van der Waals surface area contributed by atoms with Crippen molar-refractivity contribution < 1.29 is 8.42 Å². The fourth-order valence-electron chi connectivity index (χ4n) is 2.00. The first-order valence-corrected chi connectivity index (χ1v) is 8.61. The highest BCUT2D eigenvalue weighted by Gasteiger charge is 2.33. The van der Waals surface area contributed by atoms with Crippen molar-refractivity contribution in [3.63, 3.8) is 0 Å². The summed E-state index contributed by atoms with van der Waals surface area (Å²) in [6, 6.07) is 7.99. The maximum atomic E-state index is 11.4. The number of alkyl halides is 1. The Balaban J connectivity index is 2.17. The molecule has 0 bridgehead atoms. The van der Waals surface area contributed by atoms with E-state index in [1.165, 1.54) is 0 Å². The van der Waals surface area contributed by atoms with Gasteiger partial charge >= 0.3 is 0 Å². The molecule has 1 aromatic rings. The monoisotopic (exact) mass is 366 g/mol. The van der Waals surface area contributed by atoms with E-state index in [1.807, 2.05) is 24.3 Å². The Hall–Kier alpha value is 0.130. The van der Waals surface area contributed by atoms with Gasteiger partial charge in [0.1, 0.15) is 0 Å². The first kappa shape index (κ1) is 12.6. The summed E-state index contributed by atoms with van der Waals surface area (Å²) in [4.78, 5) is 0.127. The van der Waals surface area contributed by atoms with Crippen LogP contribution in [0.25, 0.3) is 0 Å². The molecule has 0 saturated carbocycles. The van der Waals surface area contributed by atoms with Crippen molar-refractivity contribution in [2.45, 2.75) is 11.2 Å². The van der Waals surface area contributed by atoms with Crippen molar-refractivity contribution in [1.82, 2.24) is 0 Å². The zero-order valence-corrected chi connectivity index (χ0v) is 12.6. The molecule has 88 valence electrons. The third-order valence-corrected chi connectivity index (χ3v) is 6.41. The SMILES string of the molecule is O=S1(=O)CCC(C(Br)c2cccc(Br)c2)C1. The summed E-state index contributed by atoms with van der Waals surface area (Å²) < 4.78 is 23.9. The maximum Gasteiger partial charge on any atom is 0.150 e. The Morgan fingerprint density at radius 3 is 2.69 bits per heavy atom. The topological polar surface area (TPSA) is 34.1 Å². The highest BCUT2D eigenvalue weighted by molar-refractivity contribution is 9.10. The van der Waals surface area contributed by atoms with E-state index in [-0.39, 0.29) is 10.7 Å². The van der Waals surface area contributed by atoms with Crippen molar-refractivity contribution in [1.29, 1.82) is 0 Å². The van der Waals surface area contributed by atoms with Gasteiger partial charge in [-0.3, -0.25) is 0 Å². The second-order valence-corrected chi connectivity index (χ2v) is 8.25. The van der Waals surface area contributed by atoms with E-state index >= 15 is 0 Å². The molecule has 1 heterocycles. The molecule has 5 heteroatoms. The Morgan fingerprint density at radius 2 is 2.12 bits per heavy atom. The predicted molar refractivity (Wildman–Crippen MR) is 72.6 cm³/mol. The van der Waals surface area contributed by atoms with E-state index in [4.69, 9.17) is 0 Å². The van der Waals surface area contributed by atoms with Gasteiger partial charge in [0.05, 0.1) is 11.5 Å². The van der Waals surface area contributed by atoms with Crippen molar-refractivity contribution in [3.8, 4) is 0 Å². The summed E-state index contributed by atoms with van der Waals surface area (Å²) in [5, 5.41) is 0. The number of hydrogen-bond donors (Lipinski definition) is 0. The molecule has 2 rings (SSSR count). The van der Waals surface area contributed by atoms with Gasteiger partial charge in [-0.2, -0.15) is 0 Å². The number of benzene rings is 1. The van der Waals surface area contributed by atoms with Crippen LogP contribution in [0.2, 0.25) is 0 Å². The standard InChI is InChI=1S/C11H12Br2O2S/c12-10-3-1-2-8(6-10)11(13)9-4-5-16(14,15)7-9/h1-3,6,9,11H,4-5,7H2. The van der Waals surface area contributed by atoms with Gasteiger partial charge in [-0.05, 0) is 30.0 Å². The van der Waals surface area contributed by atoms with Crippen molar-refractivity contribution in [3.05, 3.63) is 34.3 Å². The van der Waals surface area contributed by atoms with Crippen LogP contribution in [0, 0.1) is 5.92 Å². The van der Waals surface area contributed by atoms with E-state index in [9.17, 15) is 8.42 Å². The quantitative estimate of drug-likeness (QED) is 0.751. The molecule has 16 heavy (non-hydrogen) atoms. The number of rotatable bonds is 2. The molecule has 0 radical (unpaired) electrons. The van der Waals surface area contributed by atoms with Crippen molar-refractivity contribution in [2.75, 3.05) is 11.5 Å². The molecule has 0 spiro atoms. The first-order chi connectivity index (χ1) is 7.48. The van der Waals surface area contributed by atoms with E-state index in [1.54, 1.807) is 0 Å². The molecule has 1 aromatic carbocycles. The largest absolute Gasteiger partial charge is 0.229 e. The van der Waals surface area contributed by atoms with E-state index in [2.05, 4.69) is 31.9 Å². The minimum atomic E-state index is -2.80. The summed E-state index contributed by atoms with van der Waals surface area (Å²) in [6.45, 7) is 0. The third kappa shape index (κ3) is 2.87. The van der Waals surface area contributed by atoms with Gasteiger partial charge in [0, 0.05) is 9.30 Å². The second-order valence-electron chi connectivity index (χ2n) is 4.12. The molecule has 2 atom stereocenters. The summed E-state index contributed by atoms with van der Waals surface area (Å²) in [5.74, 6) is 0.822. The van der Waals surface area contributed by atoms with Crippen LogP contribution in [0.15, 0.2) is 28.7 Å². The summed E-state index contributed by atoms with van der Waals surface area (Å²) in [5.41, 5.74) is 1.14.